The number of para-hydroxylation sites is 1. The molecule has 0 radical (unpaired) electrons. The number of carbonyl (C=O) groups is 1. The molecule has 3 heteroatoms. The van der Waals surface area contributed by atoms with Crippen LogP contribution in [-0.4, -0.2) is 11.1 Å². The van der Waals surface area contributed by atoms with Gasteiger partial charge in [0, 0.05) is 11.1 Å². The van der Waals surface area contributed by atoms with Crippen LogP contribution < -0.4 is 4.74 Å². The third kappa shape index (κ3) is 3.01. The van der Waals surface area contributed by atoms with Crippen molar-refractivity contribution in [3.8, 4) is 22.6 Å². The van der Waals surface area contributed by atoms with Gasteiger partial charge in [-0.05, 0) is 30.7 Å². The summed E-state index contributed by atoms with van der Waals surface area (Å²) in [7, 11) is 0. The van der Waals surface area contributed by atoms with Crippen LogP contribution in [0.5, 0.6) is 11.5 Å². The summed E-state index contributed by atoms with van der Waals surface area (Å²) in [5, 5.41) is 9.75. The number of rotatable bonds is 3. The number of phenols is 1. The smallest absolute Gasteiger partial charge is 0.338 e. The first kappa shape index (κ1) is 12.9. The molecule has 0 atom stereocenters. The maximum absolute atomic E-state index is 11.4. The summed E-state index contributed by atoms with van der Waals surface area (Å²) in [6.45, 7) is 5.12. The van der Waals surface area contributed by atoms with E-state index in [2.05, 4.69) is 6.58 Å². The molecule has 3 nitrogen and oxygen atoms in total. The number of hydrogen-bond acceptors (Lipinski definition) is 3. The van der Waals surface area contributed by atoms with E-state index in [-0.39, 0.29) is 5.75 Å². The van der Waals surface area contributed by atoms with E-state index in [1.165, 1.54) is 0 Å². The minimum absolute atomic E-state index is 0.217. The Kier molecular flexibility index (Phi) is 3.66. The van der Waals surface area contributed by atoms with Gasteiger partial charge in [-0.1, -0.05) is 36.9 Å². The lowest BCUT2D eigenvalue weighted by atomic mass is 10.0. The molecule has 0 aliphatic heterocycles. The van der Waals surface area contributed by atoms with Gasteiger partial charge in [-0.2, -0.15) is 0 Å². The molecule has 0 saturated carbocycles. The summed E-state index contributed by atoms with van der Waals surface area (Å²) < 4.78 is 5.10. The largest absolute Gasteiger partial charge is 0.507 e. The van der Waals surface area contributed by atoms with E-state index in [9.17, 15) is 9.90 Å². The van der Waals surface area contributed by atoms with Crippen LogP contribution in [-0.2, 0) is 4.79 Å². The van der Waals surface area contributed by atoms with Gasteiger partial charge in [0.2, 0.25) is 0 Å². The van der Waals surface area contributed by atoms with E-state index in [1.54, 1.807) is 43.3 Å². The molecule has 96 valence electrons. The minimum Gasteiger partial charge on any atom is -0.507 e. The Balaban J connectivity index is 2.22. The van der Waals surface area contributed by atoms with Crippen molar-refractivity contribution in [3.63, 3.8) is 0 Å². The molecule has 0 unspecified atom stereocenters. The van der Waals surface area contributed by atoms with Gasteiger partial charge in [-0.3, -0.25) is 0 Å². The van der Waals surface area contributed by atoms with Crippen LogP contribution in [0.25, 0.3) is 11.1 Å². The second-order valence-corrected chi connectivity index (χ2v) is 4.21. The second kappa shape index (κ2) is 5.40. The molecule has 0 heterocycles. The van der Waals surface area contributed by atoms with E-state index in [0.29, 0.717) is 11.3 Å². The molecule has 2 aromatic carbocycles. The van der Waals surface area contributed by atoms with Crippen molar-refractivity contribution in [2.24, 2.45) is 0 Å². The fourth-order valence-corrected chi connectivity index (χ4v) is 1.61. The van der Waals surface area contributed by atoms with Crippen molar-refractivity contribution < 1.29 is 14.6 Å². The van der Waals surface area contributed by atoms with Crippen LogP contribution in [0.1, 0.15) is 6.92 Å². The first-order valence-electron chi connectivity index (χ1n) is 5.84. The quantitative estimate of drug-likeness (QED) is 0.517. The average molecular weight is 254 g/mol. The molecule has 0 aromatic heterocycles. The van der Waals surface area contributed by atoms with Gasteiger partial charge >= 0.3 is 5.97 Å². The van der Waals surface area contributed by atoms with Crippen LogP contribution in [0.2, 0.25) is 0 Å². The molecular formula is C16H14O3. The fraction of sp³-hybridized carbons (Fsp3) is 0.0625. The Hall–Kier alpha value is -2.55. The Morgan fingerprint density at radius 3 is 2.32 bits per heavy atom. The number of hydrogen-bond donors (Lipinski definition) is 1. The van der Waals surface area contributed by atoms with Crippen molar-refractivity contribution >= 4 is 5.97 Å². The molecule has 1 N–H and O–H groups in total. The van der Waals surface area contributed by atoms with Gasteiger partial charge in [0.1, 0.15) is 11.5 Å². The lowest BCUT2D eigenvalue weighted by Gasteiger charge is -2.07. The van der Waals surface area contributed by atoms with E-state index in [4.69, 9.17) is 4.74 Å². The standard InChI is InChI=1S/C16H14O3/c1-11(2)16(18)19-13-9-7-12(8-10-13)14-5-3-4-6-15(14)17/h3-10,17H,1H2,2H3. The van der Waals surface area contributed by atoms with Crippen molar-refractivity contribution in [2.75, 3.05) is 0 Å². The van der Waals surface area contributed by atoms with Crippen LogP contribution in [0, 0.1) is 0 Å². The number of benzene rings is 2. The zero-order chi connectivity index (χ0) is 13.8. The number of phenolic OH excluding ortho intramolecular Hbond substituents is 1. The Morgan fingerprint density at radius 2 is 1.74 bits per heavy atom. The number of ether oxygens (including phenoxy) is 1. The second-order valence-electron chi connectivity index (χ2n) is 4.21. The van der Waals surface area contributed by atoms with E-state index < -0.39 is 5.97 Å². The summed E-state index contributed by atoms with van der Waals surface area (Å²) >= 11 is 0. The molecule has 0 bridgehead atoms. The first-order valence-corrected chi connectivity index (χ1v) is 5.84. The van der Waals surface area contributed by atoms with Crippen molar-refractivity contribution in [1.29, 1.82) is 0 Å². The molecule has 2 rings (SSSR count). The average Bonchev–Trinajstić information content (AvgIpc) is 2.40. The predicted octanol–water partition coefficient (Wildman–Crippen LogP) is 3.54. The van der Waals surface area contributed by atoms with Gasteiger partial charge in [-0.25, -0.2) is 4.79 Å². The third-order valence-corrected chi connectivity index (χ3v) is 2.63. The topological polar surface area (TPSA) is 46.5 Å². The molecule has 0 fully saturated rings. The Labute approximate surface area is 111 Å². The monoisotopic (exact) mass is 254 g/mol. The summed E-state index contributed by atoms with van der Waals surface area (Å²) in [4.78, 5) is 11.4. The molecule has 2 aromatic rings. The first-order chi connectivity index (χ1) is 9.08. The van der Waals surface area contributed by atoms with E-state index in [0.717, 1.165) is 11.1 Å². The minimum atomic E-state index is -0.449. The Bertz CT molecular complexity index is 612. The molecule has 0 spiro atoms. The number of esters is 1. The SMILES string of the molecule is C=C(C)C(=O)Oc1ccc(-c2ccccc2O)cc1. The third-order valence-electron chi connectivity index (χ3n) is 2.63. The lowest BCUT2D eigenvalue weighted by molar-refractivity contribution is -0.130. The number of aromatic hydroxyl groups is 1. The van der Waals surface area contributed by atoms with Crippen molar-refractivity contribution in [2.45, 2.75) is 6.92 Å². The zero-order valence-electron chi connectivity index (χ0n) is 10.6. The van der Waals surface area contributed by atoms with Crippen molar-refractivity contribution in [3.05, 3.63) is 60.7 Å². The lowest BCUT2D eigenvalue weighted by Crippen LogP contribution is -2.07. The normalized spacial score (nSPS) is 9.95. The zero-order valence-corrected chi connectivity index (χ0v) is 10.6. The fourth-order valence-electron chi connectivity index (χ4n) is 1.61. The van der Waals surface area contributed by atoms with Gasteiger partial charge < -0.3 is 9.84 Å². The molecule has 0 aliphatic carbocycles. The van der Waals surface area contributed by atoms with E-state index >= 15 is 0 Å². The van der Waals surface area contributed by atoms with Gasteiger partial charge in [0.25, 0.3) is 0 Å². The summed E-state index contributed by atoms with van der Waals surface area (Å²) in [5.41, 5.74) is 1.94. The highest BCUT2D eigenvalue weighted by Crippen LogP contribution is 2.29. The van der Waals surface area contributed by atoms with Crippen molar-refractivity contribution in [1.82, 2.24) is 0 Å². The van der Waals surface area contributed by atoms with Crippen LogP contribution in [0.4, 0.5) is 0 Å². The Morgan fingerprint density at radius 1 is 1.11 bits per heavy atom. The number of carbonyl (C=O) groups excluding carboxylic acids is 1. The highest BCUT2D eigenvalue weighted by Gasteiger charge is 2.06. The summed E-state index contributed by atoms with van der Waals surface area (Å²) in [6, 6.07) is 14.0. The molecule has 0 saturated heterocycles. The maximum Gasteiger partial charge on any atom is 0.338 e. The summed E-state index contributed by atoms with van der Waals surface area (Å²) in [6.07, 6.45) is 0. The van der Waals surface area contributed by atoms with E-state index in [1.807, 2.05) is 12.1 Å². The molecule has 0 amide bonds. The highest BCUT2D eigenvalue weighted by atomic mass is 16.5. The summed E-state index contributed by atoms with van der Waals surface area (Å²) in [5.74, 6) is 0.219. The van der Waals surface area contributed by atoms with Crippen LogP contribution in [0.15, 0.2) is 60.7 Å². The van der Waals surface area contributed by atoms with Crippen LogP contribution in [0.3, 0.4) is 0 Å². The van der Waals surface area contributed by atoms with Gasteiger partial charge in [0.15, 0.2) is 0 Å². The molecule has 19 heavy (non-hydrogen) atoms. The van der Waals surface area contributed by atoms with Crippen LogP contribution >= 0.6 is 0 Å². The molecule has 0 aliphatic rings. The predicted molar refractivity (Wildman–Crippen MR) is 74.0 cm³/mol. The van der Waals surface area contributed by atoms with Gasteiger partial charge in [0.05, 0.1) is 0 Å². The maximum atomic E-state index is 11.4. The highest BCUT2D eigenvalue weighted by molar-refractivity contribution is 5.88. The van der Waals surface area contributed by atoms with Gasteiger partial charge in [-0.15, -0.1) is 0 Å². The molecular weight excluding hydrogens is 240 g/mol.